The largest absolute Gasteiger partial charge is 0.324 e. The minimum absolute atomic E-state index is 0.0778. The molecular weight excluding hydrogens is 449 g/mol. The number of carbonyl (C=O) groups is 1. The Morgan fingerprint density at radius 2 is 1.75 bits per heavy atom. The highest BCUT2D eigenvalue weighted by Crippen LogP contribution is 2.21. The first-order valence-electron chi connectivity index (χ1n) is 8.89. The Kier molecular flexibility index (Phi) is 6.82. The van der Waals surface area contributed by atoms with Crippen molar-refractivity contribution in [3.63, 3.8) is 0 Å². The molecule has 1 fully saturated rings. The van der Waals surface area contributed by atoms with Crippen LogP contribution in [-0.4, -0.2) is 56.3 Å². The van der Waals surface area contributed by atoms with Crippen LogP contribution in [0, 0.1) is 5.82 Å². The van der Waals surface area contributed by atoms with Crippen LogP contribution in [-0.2, 0) is 14.8 Å². The van der Waals surface area contributed by atoms with Crippen LogP contribution in [0.1, 0.15) is 6.42 Å². The average molecular weight is 470 g/mol. The molecule has 2 aromatic rings. The third-order valence-electron chi connectivity index (χ3n) is 4.51. The number of halogens is 2. The smallest absolute Gasteiger partial charge is 0.243 e. The molecule has 0 unspecified atom stereocenters. The van der Waals surface area contributed by atoms with Gasteiger partial charge >= 0.3 is 0 Å². The molecule has 1 amide bonds. The highest BCUT2D eigenvalue weighted by molar-refractivity contribution is 9.10. The number of nitrogens with zero attached hydrogens (tertiary/aromatic N) is 2. The number of amides is 1. The summed E-state index contributed by atoms with van der Waals surface area (Å²) in [4.78, 5) is 14.4. The van der Waals surface area contributed by atoms with E-state index in [0.717, 1.165) is 16.6 Å². The molecule has 0 radical (unpaired) electrons. The topological polar surface area (TPSA) is 69.7 Å². The minimum Gasteiger partial charge on any atom is -0.324 e. The Morgan fingerprint density at radius 1 is 1.04 bits per heavy atom. The van der Waals surface area contributed by atoms with Gasteiger partial charge in [0, 0.05) is 24.1 Å². The minimum atomic E-state index is -3.67. The molecule has 0 aromatic heterocycles. The molecule has 1 saturated heterocycles. The molecule has 0 bridgehead atoms. The van der Waals surface area contributed by atoms with Gasteiger partial charge in [-0.05, 0) is 65.3 Å². The number of benzene rings is 2. The zero-order chi connectivity index (χ0) is 20.1. The van der Waals surface area contributed by atoms with Crippen LogP contribution >= 0.6 is 15.9 Å². The summed E-state index contributed by atoms with van der Waals surface area (Å²) in [6, 6.07) is 12.2. The van der Waals surface area contributed by atoms with Crippen molar-refractivity contribution >= 4 is 37.5 Å². The Bertz CT molecular complexity index is 938. The van der Waals surface area contributed by atoms with Crippen molar-refractivity contribution in [1.82, 2.24) is 9.21 Å². The fraction of sp³-hybridized carbons (Fsp3) is 0.316. The van der Waals surface area contributed by atoms with Gasteiger partial charge in [-0.25, -0.2) is 12.8 Å². The quantitative estimate of drug-likeness (QED) is 0.730. The number of hydrogen-bond donors (Lipinski definition) is 1. The number of hydrogen-bond acceptors (Lipinski definition) is 4. The van der Waals surface area contributed by atoms with E-state index in [9.17, 15) is 17.6 Å². The van der Waals surface area contributed by atoms with Gasteiger partial charge in [0.05, 0.1) is 17.1 Å². The molecule has 1 aliphatic rings. The number of nitrogens with one attached hydrogen (secondary N) is 1. The maximum atomic E-state index is 13.1. The lowest BCUT2D eigenvalue weighted by Crippen LogP contribution is -2.38. The summed E-state index contributed by atoms with van der Waals surface area (Å²) < 4.78 is 40.8. The van der Waals surface area contributed by atoms with Crippen LogP contribution in [0.5, 0.6) is 0 Å². The molecule has 1 N–H and O–H groups in total. The molecule has 2 aromatic carbocycles. The predicted molar refractivity (Wildman–Crippen MR) is 109 cm³/mol. The van der Waals surface area contributed by atoms with Gasteiger partial charge in [-0.2, -0.15) is 4.31 Å². The molecule has 150 valence electrons. The van der Waals surface area contributed by atoms with E-state index in [4.69, 9.17) is 0 Å². The van der Waals surface area contributed by atoms with E-state index in [1.807, 2.05) is 23.1 Å². The standard InChI is InChI=1S/C19H21BrFN3O3S/c20-17-4-1-2-5-18(17)22-19(25)14-23-10-3-11-24(13-12-23)28(26,27)16-8-6-15(21)7-9-16/h1-2,4-9H,3,10-14H2,(H,22,25). The molecule has 1 heterocycles. The van der Waals surface area contributed by atoms with Crippen LogP contribution in [0.25, 0.3) is 0 Å². The molecule has 0 spiro atoms. The first-order valence-corrected chi connectivity index (χ1v) is 11.1. The Morgan fingerprint density at radius 3 is 2.46 bits per heavy atom. The summed E-state index contributed by atoms with van der Waals surface area (Å²) in [7, 11) is -3.67. The van der Waals surface area contributed by atoms with Crippen LogP contribution in [0.15, 0.2) is 57.9 Å². The Labute approximate surface area is 172 Å². The average Bonchev–Trinajstić information content (AvgIpc) is 2.90. The lowest BCUT2D eigenvalue weighted by Gasteiger charge is -2.21. The van der Waals surface area contributed by atoms with Gasteiger partial charge in [0.2, 0.25) is 15.9 Å². The fourth-order valence-corrected chi connectivity index (χ4v) is 4.91. The summed E-state index contributed by atoms with van der Waals surface area (Å²) in [5, 5.41) is 2.86. The summed E-state index contributed by atoms with van der Waals surface area (Å²) in [5.74, 6) is -0.626. The third-order valence-corrected chi connectivity index (χ3v) is 7.12. The van der Waals surface area contributed by atoms with Crippen molar-refractivity contribution in [1.29, 1.82) is 0 Å². The second kappa shape index (κ2) is 9.13. The highest BCUT2D eigenvalue weighted by atomic mass is 79.9. The summed E-state index contributed by atoms with van der Waals surface area (Å²) in [6.45, 7) is 1.90. The van der Waals surface area contributed by atoms with Crippen molar-refractivity contribution < 1.29 is 17.6 Å². The van der Waals surface area contributed by atoms with Crippen molar-refractivity contribution in [2.45, 2.75) is 11.3 Å². The zero-order valence-corrected chi connectivity index (χ0v) is 17.5. The van der Waals surface area contributed by atoms with Crippen LogP contribution in [0.4, 0.5) is 10.1 Å². The van der Waals surface area contributed by atoms with Crippen LogP contribution in [0.2, 0.25) is 0 Å². The number of rotatable bonds is 5. The fourth-order valence-electron chi connectivity index (χ4n) is 3.06. The molecule has 3 rings (SSSR count). The number of para-hydroxylation sites is 1. The van der Waals surface area contributed by atoms with Gasteiger partial charge in [0.15, 0.2) is 0 Å². The van der Waals surface area contributed by atoms with Crippen molar-refractivity contribution in [2.75, 3.05) is 38.0 Å². The van der Waals surface area contributed by atoms with E-state index in [-0.39, 0.29) is 23.9 Å². The molecule has 1 aliphatic heterocycles. The van der Waals surface area contributed by atoms with Crippen LogP contribution < -0.4 is 5.32 Å². The van der Waals surface area contributed by atoms with E-state index in [2.05, 4.69) is 21.2 Å². The Hall–Kier alpha value is -1.81. The van der Waals surface area contributed by atoms with Gasteiger partial charge < -0.3 is 5.32 Å². The molecule has 28 heavy (non-hydrogen) atoms. The van der Waals surface area contributed by atoms with E-state index in [1.54, 1.807) is 6.07 Å². The lowest BCUT2D eigenvalue weighted by atomic mass is 10.3. The number of carbonyl (C=O) groups excluding carboxylic acids is 1. The normalized spacial score (nSPS) is 16.5. The summed E-state index contributed by atoms with van der Waals surface area (Å²) >= 11 is 3.39. The van der Waals surface area contributed by atoms with Crippen LogP contribution in [0.3, 0.4) is 0 Å². The van der Waals surface area contributed by atoms with Crippen molar-refractivity contribution in [3.8, 4) is 0 Å². The highest BCUT2D eigenvalue weighted by Gasteiger charge is 2.27. The van der Waals surface area contributed by atoms with Gasteiger partial charge in [0.25, 0.3) is 0 Å². The van der Waals surface area contributed by atoms with Crippen molar-refractivity contribution in [2.24, 2.45) is 0 Å². The van der Waals surface area contributed by atoms with E-state index >= 15 is 0 Å². The van der Waals surface area contributed by atoms with Crippen molar-refractivity contribution in [3.05, 3.63) is 58.8 Å². The number of anilines is 1. The SMILES string of the molecule is O=C(CN1CCCN(S(=O)(=O)c2ccc(F)cc2)CC1)Nc1ccccc1Br. The number of sulfonamides is 1. The molecule has 9 heteroatoms. The molecule has 6 nitrogen and oxygen atoms in total. The first kappa shape index (κ1) is 20.9. The molecule has 0 saturated carbocycles. The molecule has 0 atom stereocenters. The molecule has 0 aliphatic carbocycles. The first-order chi connectivity index (χ1) is 13.4. The van der Waals surface area contributed by atoms with E-state index in [0.29, 0.717) is 31.7 Å². The summed E-state index contributed by atoms with van der Waals surface area (Å²) in [5.41, 5.74) is 0.697. The lowest BCUT2D eigenvalue weighted by molar-refractivity contribution is -0.117. The monoisotopic (exact) mass is 469 g/mol. The maximum absolute atomic E-state index is 13.1. The molecular formula is C19H21BrFN3O3S. The van der Waals surface area contributed by atoms with Gasteiger partial charge in [-0.3, -0.25) is 9.69 Å². The summed E-state index contributed by atoms with van der Waals surface area (Å²) in [6.07, 6.45) is 0.614. The second-order valence-electron chi connectivity index (χ2n) is 6.52. The van der Waals surface area contributed by atoms with Gasteiger partial charge in [0.1, 0.15) is 5.82 Å². The maximum Gasteiger partial charge on any atom is 0.243 e. The van der Waals surface area contributed by atoms with E-state index in [1.165, 1.54) is 16.4 Å². The second-order valence-corrected chi connectivity index (χ2v) is 9.31. The van der Waals surface area contributed by atoms with Gasteiger partial charge in [-0.1, -0.05) is 12.1 Å². The third kappa shape index (κ3) is 5.16. The van der Waals surface area contributed by atoms with Gasteiger partial charge in [-0.15, -0.1) is 0 Å². The Balaban J connectivity index is 1.59. The van der Waals surface area contributed by atoms with E-state index < -0.39 is 15.8 Å². The predicted octanol–water partition coefficient (Wildman–Crippen LogP) is 2.92. The zero-order valence-electron chi connectivity index (χ0n) is 15.1.